The number of rotatable bonds is 4. The molecule has 4 nitrogen and oxygen atoms in total. The molecule has 18 heavy (non-hydrogen) atoms. The third kappa shape index (κ3) is 2.45. The lowest BCUT2D eigenvalue weighted by Gasteiger charge is -2.37. The molecule has 1 aliphatic carbocycles. The number of hydrogen-bond acceptors (Lipinski definition) is 3. The van der Waals surface area contributed by atoms with Crippen molar-refractivity contribution < 1.29 is 4.74 Å². The number of nitrogens with zero attached hydrogens (tertiary/aromatic N) is 2. The second kappa shape index (κ2) is 5.85. The first-order chi connectivity index (χ1) is 8.73. The van der Waals surface area contributed by atoms with Crippen molar-refractivity contribution in [2.75, 3.05) is 7.11 Å². The first-order valence-corrected chi connectivity index (χ1v) is 7.06. The van der Waals surface area contributed by atoms with Crippen molar-refractivity contribution in [3.8, 4) is 0 Å². The molecule has 1 heterocycles. The monoisotopic (exact) mass is 251 g/mol. The molecule has 1 aromatic rings. The van der Waals surface area contributed by atoms with Crippen molar-refractivity contribution in [3.63, 3.8) is 0 Å². The number of nitrogens with two attached hydrogens (primary N) is 1. The summed E-state index contributed by atoms with van der Waals surface area (Å²) >= 11 is 0. The van der Waals surface area contributed by atoms with E-state index in [-0.39, 0.29) is 11.6 Å². The van der Waals surface area contributed by atoms with Crippen LogP contribution < -0.4 is 5.73 Å². The molecule has 0 aliphatic heterocycles. The van der Waals surface area contributed by atoms with E-state index in [2.05, 4.69) is 12.0 Å². The van der Waals surface area contributed by atoms with Crippen LogP contribution in [0.3, 0.4) is 0 Å². The highest BCUT2D eigenvalue weighted by molar-refractivity contribution is 5.13. The van der Waals surface area contributed by atoms with Crippen LogP contribution >= 0.6 is 0 Å². The maximum absolute atomic E-state index is 6.52. The Morgan fingerprint density at radius 2 is 2.06 bits per heavy atom. The topological polar surface area (TPSA) is 53.1 Å². The van der Waals surface area contributed by atoms with Crippen molar-refractivity contribution in [3.05, 3.63) is 18.0 Å². The number of ether oxygens (including phenoxy) is 1. The fourth-order valence-electron chi connectivity index (χ4n) is 3.11. The van der Waals surface area contributed by atoms with Crippen LogP contribution in [-0.2, 0) is 11.3 Å². The minimum atomic E-state index is -0.205. The summed E-state index contributed by atoms with van der Waals surface area (Å²) < 4.78 is 7.86. The molecule has 4 heteroatoms. The summed E-state index contributed by atoms with van der Waals surface area (Å²) in [6, 6.07) is 1.95. The highest BCUT2D eigenvalue weighted by Crippen LogP contribution is 2.38. The summed E-state index contributed by atoms with van der Waals surface area (Å²) in [6.45, 7) is 2.95. The molecule has 0 amide bonds. The highest BCUT2D eigenvalue weighted by atomic mass is 16.5. The van der Waals surface area contributed by atoms with E-state index in [1.807, 2.05) is 16.9 Å². The summed E-state index contributed by atoms with van der Waals surface area (Å²) in [5.41, 5.74) is 7.41. The van der Waals surface area contributed by atoms with Crippen LogP contribution in [0.4, 0.5) is 0 Å². The minimum Gasteiger partial charge on any atom is -0.376 e. The molecule has 1 atom stereocenters. The van der Waals surface area contributed by atoms with Crippen LogP contribution in [0.2, 0.25) is 0 Å². The van der Waals surface area contributed by atoms with Gasteiger partial charge in [-0.1, -0.05) is 25.7 Å². The van der Waals surface area contributed by atoms with Gasteiger partial charge < -0.3 is 10.5 Å². The van der Waals surface area contributed by atoms with Gasteiger partial charge in [-0.15, -0.1) is 0 Å². The normalized spacial score (nSPS) is 21.5. The third-order valence-corrected chi connectivity index (χ3v) is 4.29. The Morgan fingerprint density at radius 1 is 1.39 bits per heavy atom. The fourth-order valence-corrected chi connectivity index (χ4v) is 3.11. The van der Waals surface area contributed by atoms with Gasteiger partial charge in [-0.05, 0) is 25.8 Å². The van der Waals surface area contributed by atoms with Crippen LogP contribution in [0.5, 0.6) is 0 Å². The van der Waals surface area contributed by atoms with E-state index in [0.717, 1.165) is 25.1 Å². The Balaban J connectivity index is 2.25. The largest absolute Gasteiger partial charge is 0.376 e. The summed E-state index contributed by atoms with van der Waals surface area (Å²) in [5, 5.41) is 4.32. The zero-order valence-electron chi connectivity index (χ0n) is 11.6. The summed E-state index contributed by atoms with van der Waals surface area (Å²) in [4.78, 5) is 0. The number of aromatic nitrogens is 2. The Morgan fingerprint density at radius 3 is 2.61 bits per heavy atom. The van der Waals surface area contributed by atoms with E-state index in [0.29, 0.717) is 0 Å². The molecule has 0 aromatic carbocycles. The molecule has 1 aromatic heterocycles. The second-order valence-electron chi connectivity index (χ2n) is 5.23. The molecule has 1 aliphatic rings. The van der Waals surface area contributed by atoms with Crippen molar-refractivity contribution in [2.24, 2.45) is 5.73 Å². The predicted octanol–water partition coefficient (Wildman–Crippen LogP) is 2.64. The van der Waals surface area contributed by atoms with Gasteiger partial charge in [0, 0.05) is 19.9 Å². The van der Waals surface area contributed by atoms with Gasteiger partial charge in [0.1, 0.15) is 0 Å². The molecule has 0 radical (unpaired) electrons. The number of hydrogen-bond donors (Lipinski definition) is 1. The lowest BCUT2D eigenvalue weighted by molar-refractivity contribution is -0.0460. The van der Waals surface area contributed by atoms with Gasteiger partial charge in [-0.25, -0.2) is 0 Å². The van der Waals surface area contributed by atoms with Crippen molar-refractivity contribution in [2.45, 2.75) is 63.6 Å². The molecule has 1 saturated carbocycles. The zero-order chi connectivity index (χ0) is 13.0. The van der Waals surface area contributed by atoms with E-state index in [4.69, 9.17) is 10.5 Å². The van der Waals surface area contributed by atoms with Gasteiger partial charge in [0.15, 0.2) is 0 Å². The standard InChI is InChI=1S/C14H25N3O/c1-3-17-12(8-11-16-17)13(15)14(18-2)9-6-4-5-7-10-14/h8,11,13H,3-7,9-10,15H2,1-2H3. The number of aryl methyl sites for hydroxylation is 1. The van der Waals surface area contributed by atoms with Gasteiger partial charge in [0.05, 0.1) is 17.3 Å². The molecule has 2 rings (SSSR count). The Kier molecular flexibility index (Phi) is 4.40. The average molecular weight is 251 g/mol. The SMILES string of the molecule is CCn1nccc1C(N)C1(OC)CCCCCC1. The zero-order valence-corrected chi connectivity index (χ0v) is 11.6. The maximum atomic E-state index is 6.52. The summed E-state index contributed by atoms with van der Waals surface area (Å²) in [5.74, 6) is 0. The molecule has 0 spiro atoms. The molecule has 1 unspecified atom stereocenters. The van der Waals surface area contributed by atoms with Crippen LogP contribution in [0.1, 0.15) is 57.2 Å². The van der Waals surface area contributed by atoms with Gasteiger partial charge in [0.2, 0.25) is 0 Å². The van der Waals surface area contributed by atoms with Gasteiger partial charge in [0.25, 0.3) is 0 Å². The third-order valence-electron chi connectivity index (χ3n) is 4.29. The highest BCUT2D eigenvalue weighted by Gasteiger charge is 2.39. The molecule has 2 N–H and O–H groups in total. The first-order valence-electron chi connectivity index (χ1n) is 7.06. The van der Waals surface area contributed by atoms with E-state index < -0.39 is 0 Å². The average Bonchev–Trinajstić information content (AvgIpc) is 2.74. The molecule has 1 fully saturated rings. The van der Waals surface area contributed by atoms with Gasteiger partial charge in [-0.3, -0.25) is 4.68 Å². The second-order valence-corrected chi connectivity index (χ2v) is 5.23. The molecular formula is C14H25N3O. The summed E-state index contributed by atoms with van der Waals surface area (Å²) in [7, 11) is 1.80. The molecule has 0 bridgehead atoms. The van der Waals surface area contributed by atoms with Crippen molar-refractivity contribution >= 4 is 0 Å². The van der Waals surface area contributed by atoms with E-state index in [1.165, 1.54) is 25.7 Å². The number of methoxy groups -OCH3 is 1. The van der Waals surface area contributed by atoms with Gasteiger partial charge >= 0.3 is 0 Å². The smallest absolute Gasteiger partial charge is 0.0885 e. The predicted molar refractivity (Wildman–Crippen MR) is 72.3 cm³/mol. The Labute approximate surface area is 110 Å². The fraction of sp³-hybridized carbons (Fsp3) is 0.786. The van der Waals surface area contributed by atoms with E-state index in [1.54, 1.807) is 7.11 Å². The van der Waals surface area contributed by atoms with Crippen LogP contribution in [-0.4, -0.2) is 22.5 Å². The Bertz CT molecular complexity index is 367. The quantitative estimate of drug-likeness (QED) is 0.837. The molecule has 0 saturated heterocycles. The van der Waals surface area contributed by atoms with Crippen LogP contribution in [0.15, 0.2) is 12.3 Å². The van der Waals surface area contributed by atoms with Crippen LogP contribution in [0, 0.1) is 0 Å². The lowest BCUT2D eigenvalue weighted by atomic mass is 9.84. The molecular weight excluding hydrogens is 226 g/mol. The van der Waals surface area contributed by atoms with E-state index >= 15 is 0 Å². The van der Waals surface area contributed by atoms with Crippen molar-refractivity contribution in [1.82, 2.24) is 9.78 Å². The van der Waals surface area contributed by atoms with Crippen molar-refractivity contribution in [1.29, 1.82) is 0 Å². The summed E-state index contributed by atoms with van der Waals surface area (Å²) in [6.07, 6.45) is 8.96. The maximum Gasteiger partial charge on any atom is 0.0885 e. The van der Waals surface area contributed by atoms with E-state index in [9.17, 15) is 0 Å². The van der Waals surface area contributed by atoms with Crippen LogP contribution in [0.25, 0.3) is 0 Å². The van der Waals surface area contributed by atoms with Gasteiger partial charge in [-0.2, -0.15) is 5.10 Å². The first kappa shape index (κ1) is 13.6. The Hall–Kier alpha value is -0.870. The molecule has 102 valence electrons. The minimum absolute atomic E-state index is 0.0805. The lowest BCUT2D eigenvalue weighted by Crippen LogP contribution is -2.43.